The smallest absolute Gasteiger partial charge is 0.325 e. The highest BCUT2D eigenvalue weighted by Gasteiger charge is 2.52. The lowest BCUT2D eigenvalue weighted by atomic mass is 9.84. The second kappa shape index (κ2) is 5.46. The maximum Gasteiger partial charge on any atom is 0.325 e. The fourth-order valence-corrected chi connectivity index (χ4v) is 3.30. The van der Waals surface area contributed by atoms with E-state index in [1.54, 1.807) is 0 Å². The van der Waals surface area contributed by atoms with Gasteiger partial charge in [0, 0.05) is 6.54 Å². The summed E-state index contributed by atoms with van der Waals surface area (Å²) < 4.78 is 9.73. The highest BCUT2D eigenvalue weighted by atomic mass is 16.5. The highest BCUT2D eigenvalue weighted by molar-refractivity contribution is 5.86. The average molecular weight is 290 g/mol. The Balaban J connectivity index is 2.03. The molecule has 0 amide bonds. The van der Waals surface area contributed by atoms with E-state index in [1.165, 1.54) is 19.8 Å². The van der Waals surface area contributed by atoms with Crippen LogP contribution in [0.2, 0.25) is 0 Å². The lowest BCUT2D eigenvalue weighted by Gasteiger charge is -2.32. The summed E-state index contributed by atoms with van der Waals surface area (Å²) in [6.45, 7) is 0.739. The van der Waals surface area contributed by atoms with E-state index in [2.05, 4.69) is 11.5 Å². The van der Waals surface area contributed by atoms with Crippen LogP contribution < -0.4 is 5.43 Å². The molecule has 1 N–H and O–H groups in total. The van der Waals surface area contributed by atoms with Crippen LogP contribution in [0.15, 0.2) is 24.3 Å². The molecule has 0 aromatic heterocycles. The van der Waals surface area contributed by atoms with Crippen LogP contribution in [0.25, 0.3) is 0 Å². The number of ether oxygens (including phenoxy) is 2. The van der Waals surface area contributed by atoms with E-state index < -0.39 is 23.9 Å². The summed E-state index contributed by atoms with van der Waals surface area (Å²) in [5, 5.41) is 1.95. The Hall–Kier alpha value is -1.92. The predicted molar refractivity (Wildman–Crippen MR) is 74.0 cm³/mol. The summed E-state index contributed by atoms with van der Waals surface area (Å²) in [5.74, 6) is -1.46. The highest BCUT2D eigenvalue weighted by Crippen LogP contribution is 2.40. The first-order chi connectivity index (χ1) is 10.2. The van der Waals surface area contributed by atoms with Crippen molar-refractivity contribution in [1.29, 1.82) is 0 Å². The number of rotatable bonds is 2. The molecule has 112 valence electrons. The van der Waals surface area contributed by atoms with E-state index in [0.29, 0.717) is 0 Å². The van der Waals surface area contributed by atoms with Gasteiger partial charge in [0.15, 0.2) is 0 Å². The quantitative estimate of drug-likeness (QED) is 0.797. The maximum atomic E-state index is 12.2. The third-order valence-electron chi connectivity index (χ3n) is 4.26. The van der Waals surface area contributed by atoms with Crippen LogP contribution >= 0.6 is 0 Å². The lowest BCUT2D eigenvalue weighted by molar-refractivity contribution is -0.153. The number of fused-ring (bicyclic) bond motifs is 3. The number of methoxy groups -OCH3 is 2. The zero-order chi connectivity index (χ0) is 15.0. The Morgan fingerprint density at radius 1 is 1.19 bits per heavy atom. The number of esters is 2. The minimum Gasteiger partial charge on any atom is -0.469 e. The molecule has 0 saturated carbocycles. The molecule has 1 fully saturated rings. The summed E-state index contributed by atoms with van der Waals surface area (Å²) >= 11 is 0. The Bertz CT molecular complexity index is 575. The number of nitrogens with one attached hydrogen (secondary N) is 1. The zero-order valence-electron chi connectivity index (χ0n) is 12.0. The molecule has 6 nitrogen and oxygen atoms in total. The van der Waals surface area contributed by atoms with E-state index in [9.17, 15) is 9.59 Å². The number of benzene rings is 1. The molecule has 0 spiro atoms. The van der Waals surface area contributed by atoms with Crippen LogP contribution in [-0.4, -0.2) is 43.8 Å². The van der Waals surface area contributed by atoms with Crippen molar-refractivity contribution in [3.63, 3.8) is 0 Å². The van der Waals surface area contributed by atoms with Gasteiger partial charge in [-0.25, -0.2) is 10.4 Å². The minimum absolute atomic E-state index is 0.202. The summed E-state index contributed by atoms with van der Waals surface area (Å²) in [5.41, 5.74) is 5.38. The van der Waals surface area contributed by atoms with Gasteiger partial charge in [0.1, 0.15) is 12.0 Å². The van der Waals surface area contributed by atoms with Crippen LogP contribution in [0, 0.1) is 5.92 Å². The van der Waals surface area contributed by atoms with E-state index in [1.807, 2.05) is 23.2 Å². The van der Waals surface area contributed by atoms with Gasteiger partial charge in [-0.15, -0.1) is 0 Å². The third kappa shape index (κ3) is 2.20. The largest absolute Gasteiger partial charge is 0.469 e. The SMILES string of the molecule is COC(=O)[C@H]1[C@H](C(=O)OC)NN2CCc3ccccc3[C@@H]12. The summed E-state index contributed by atoms with van der Waals surface area (Å²) in [7, 11) is 2.66. The Morgan fingerprint density at radius 2 is 1.90 bits per heavy atom. The van der Waals surface area contributed by atoms with Crippen LogP contribution in [0.4, 0.5) is 0 Å². The molecule has 2 heterocycles. The number of hydrogen-bond donors (Lipinski definition) is 1. The molecule has 1 aromatic rings. The average Bonchev–Trinajstić information content (AvgIpc) is 2.93. The first-order valence-corrected chi connectivity index (χ1v) is 6.93. The fraction of sp³-hybridized carbons (Fsp3) is 0.467. The Kier molecular flexibility index (Phi) is 3.65. The molecular formula is C15H18N2O4. The summed E-state index contributed by atoms with van der Waals surface area (Å²) in [6.07, 6.45) is 0.876. The molecule has 21 heavy (non-hydrogen) atoms. The molecule has 3 rings (SSSR count). The van der Waals surface area contributed by atoms with Gasteiger partial charge in [0.05, 0.1) is 20.3 Å². The fourth-order valence-electron chi connectivity index (χ4n) is 3.30. The van der Waals surface area contributed by atoms with Crippen LogP contribution in [0.1, 0.15) is 17.2 Å². The van der Waals surface area contributed by atoms with Gasteiger partial charge in [-0.1, -0.05) is 24.3 Å². The standard InChI is InChI=1S/C15H18N2O4/c1-20-14(18)11-12(15(19)21-2)16-17-8-7-9-5-3-4-6-10(9)13(11)17/h3-6,11-13,16H,7-8H2,1-2H3/t11-,12+,13-/m0/s1. The van der Waals surface area contributed by atoms with Crippen molar-refractivity contribution >= 4 is 11.9 Å². The first kappa shape index (κ1) is 14.0. The number of carbonyl (C=O) groups excluding carboxylic acids is 2. The molecule has 1 saturated heterocycles. The monoisotopic (exact) mass is 290 g/mol. The number of hydrogen-bond acceptors (Lipinski definition) is 6. The molecule has 3 atom stereocenters. The number of hydrazine groups is 1. The van der Waals surface area contributed by atoms with E-state index in [-0.39, 0.29) is 6.04 Å². The second-order valence-electron chi connectivity index (χ2n) is 5.27. The second-order valence-corrected chi connectivity index (χ2v) is 5.27. The van der Waals surface area contributed by atoms with Gasteiger partial charge < -0.3 is 9.47 Å². The first-order valence-electron chi connectivity index (χ1n) is 6.93. The van der Waals surface area contributed by atoms with Gasteiger partial charge in [-0.05, 0) is 17.5 Å². The van der Waals surface area contributed by atoms with Gasteiger partial charge in [0.2, 0.25) is 0 Å². The van der Waals surface area contributed by atoms with Crippen molar-refractivity contribution in [3.8, 4) is 0 Å². The van der Waals surface area contributed by atoms with Gasteiger partial charge in [0.25, 0.3) is 0 Å². The molecule has 0 unspecified atom stereocenters. The van der Waals surface area contributed by atoms with Gasteiger partial charge in [-0.2, -0.15) is 0 Å². The van der Waals surface area contributed by atoms with Gasteiger partial charge in [-0.3, -0.25) is 9.59 Å². The molecular weight excluding hydrogens is 272 g/mol. The molecule has 2 aliphatic heterocycles. The van der Waals surface area contributed by atoms with E-state index in [4.69, 9.17) is 9.47 Å². The van der Waals surface area contributed by atoms with Crippen molar-refractivity contribution in [2.24, 2.45) is 5.92 Å². The third-order valence-corrected chi connectivity index (χ3v) is 4.26. The van der Waals surface area contributed by atoms with Crippen molar-refractivity contribution in [3.05, 3.63) is 35.4 Å². The number of nitrogens with zero attached hydrogens (tertiary/aromatic N) is 1. The lowest BCUT2D eigenvalue weighted by Crippen LogP contribution is -2.44. The topological polar surface area (TPSA) is 67.9 Å². The predicted octanol–water partition coefficient (Wildman–Crippen LogP) is 0.435. The van der Waals surface area contributed by atoms with Crippen molar-refractivity contribution in [2.75, 3.05) is 20.8 Å². The van der Waals surface area contributed by atoms with Crippen molar-refractivity contribution in [1.82, 2.24) is 10.4 Å². The summed E-state index contributed by atoms with van der Waals surface area (Å²) in [4.78, 5) is 24.2. The molecule has 6 heteroatoms. The Morgan fingerprint density at radius 3 is 2.62 bits per heavy atom. The molecule has 2 aliphatic rings. The van der Waals surface area contributed by atoms with Crippen molar-refractivity contribution in [2.45, 2.75) is 18.5 Å². The van der Waals surface area contributed by atoms with Gasteiger partial charge >= 0.3 is 11.9 Å². The van der Waals surface area contributed by atoms with Crippen LogP contribution in [0.3, 0.4) is 0 Å². The molecule has 1 aromatic carbocycles. The maximum absolute atomic E-state index is 12.2. The normalized spacial score (nSPS) is 27.6. The molecule has 0 aliphatic carbocycles. The van der Waals surface area contributed by atoms with Crippen molar-refractivity contribution < 1.29 is 19.1 Å². The Labute approximate surface area is 123 Å². The van der Waals surface area contributed by atoms with E-state index in [0.717, 1.165) is 18.5 Å². The molecule has 0 bridgehead atoms. The van der Waals surface area contributed by atoms with E-state index >= 15 is 0 Å². The van der Waals surface area contributed by atoms with Crippen LogP contribution in [-0.2, 0) is 25.5 Å². The number of carbonyl (C=O) groups is 2. The molecule has 0 radical (unpaired) electrons. The summed E-state index contributed by atoms with van der Waals surface area (Å²) in [6, 6.07) is 7.09. The van der Waals surface area contributed by atoms with Crippen LogP contribution in [0.5, 0.6) is 0 Å². The zero-order valence-corrected chi connectivity index (χ0v) is 12.0. The minimum atomic E-state index is -0.710.